The summed E-state index contributed by atoms with van der Waals surface area (Å²) in [5, 5.41) is 9.11. The van der Waals surface area contributed by atoms with Crippen LogP contribution in [0.15, 0.2) is 12.7 Å². The quantitative estimate of drug-likeness (QED) is 0.552. The zero-order valence-corrected chi connectivity index (χ0v) is 8.45. The zero-order valence-electron chi connectivity index (χ0n) is 8.45. The molecular formula is C11H18O3. The molecule has 1 atom stereocenters. The summed E-state index contributed by atoms with van der Waals surface area (Å²) in [7, 11) is 0. The largest absolute Gasteiger partial charge is 0.456 e. The van der Waals surface area contributed by atoms with E-state index in [0.717, 1.165) is 18.9 Å². The highest BCUT2D eigenvalue weighted by Crippen LogP contribution is 2.27. The third-order valence-electron chi connectivity index (χ3n) is 2.79. The average molecular weight is 198 g/mol. The Morgan fingerprint density at radius 2 is 2.14 bits per heavy atom. The second-order valence-corrected chi connectivity index (χ2v) is 3.76. The minimum atomic E-state index is -0.436. The van der Waals surface area contributed by atoms with Crippen LogP contribution in [0.4, 0.5) is 0 Å². The van der Waals surface area contributed by atoms with Gasteiger partial charge in [0, 0.05) is 6.08 Å². The van der Waals surface area contributed by atoms with Crippen LogP contribution in [-0.4, -0.2) is 23.8 Å². The first-order valence-corrected chi connectivity index (χ1v) is 5.22. The number of aliphatic hydroxyl groups excluding tert-OH is 1. The smallest absolute Gasteiger partial charge is 0.330 e. The molecule has 0 amide bonds. The average Bonchev–Trinajstić information content (AvgIpc) is 2.26. The molecule has 0 spiro atoms. The summed E-state index contributed by atoms with van der Waals surface area (Å²) in [5.41, 5.74) is 0. The van der Waals surface area contributed by atoms with Gasteiger partial charge in [0.15, 0.2) is 0 Å². The van der Waals surface area contributed by atoms with Crippen molar-refractivity contribution < 1.29 is 14.6 Å². The van der Waals surface area contributed by atoms with Gasteiger partial charge in [-0.3, -0.25) is 0 Å². The van der Waals surface area contributed by atoms with Crippen molar-refractivity contribution in [2.45, 2.75) is 38.2 Å². The molecule has 1 rings (SSSR count). The maximum Gasteiger partial charge on any atom is 0.330 e. The minimum absolute atomic E-state index is 0.0791. The number of carbonyl (C=O) groups is 1. The Labute approximate surface area is 84.8 Å². The molecule has 0 heterocycles. The van der Waals surface area contributed by atoms with Crippen molar-refractivity contribution in [2.24, 2.45) is 5.92 Å². The molecule has 1 N–H and O–H groups in total. The van der Waals surface area contributed by atoms with Gasteiger partial charge < -0.3 is 9.84 Å². The van der Waals surface area contributed by atoms with Crippen molar-refractivity contribution in [3.63, 3.8) is 0 Å². The molecule has 0 aromatic rings. The van der Waals surface area contributed by atoms with Crippen LogP contribution < -0.4 is 0 Å². The molecule has 80 valence electrons. The highest BCUT2D eigenvalue weighted by molar-refractivity contribution is 5.81. The number of ether oxygens (including phenoxy) is 1. The van der Waals surface area contributed by atoms with E-state index < -0.39 is 5.97 Å². The van der Waals surface area contributed by atoms with Crippen molar-refractivity contribution in [3.05, 3.63) is 12.7 Å². The molecule has 0 aliphatic heterocycles. The first kappa shape index (κ1) is 11.2. The summed E-state index contributed by atoms with van der Waals surface area (Å²) < 4.78 is 5.08. The van der Waals surface area contributed by atoms with Crippen LogP contribution in [0.25, 0.3) is 0 Å². The minimum Gasteiger partial charge on any atom is -0.456 e. The maximum atomic E-state index is 11.0. The molecule has 1 fully saturated rings. The molecule has 3 heteroatoms. The van der Waals surface area contributed by atoms with Gasteiger partial charge in [-0.2, -0.15) is 0 Å². The van der Waals surface area contributed by atoms with E-state index in [1.807, 2.05) is 0 Å². The summed E-state index contributed by atoms with van der Waals surface area (Å²) in [6, 6.07) is 0. The van der Waals surface area contributed by atoms with Crippen molar-refractivity contribution in [2.75, 3.05) is 6.61 Å². The predicted molar refractivity (Wildman–Crippen MR) is 53.7 cm³/mol. The molecule has 0 radical (unpaired) electrons. The number of aliphatic hydroxyl groups is 1. The first-order chi connectivity index (χ1) is 6.77. The number of hydrogen-bond acceptors (Lipinski definition) is 3. The number of esters is 1. The summed E-state index contributed by atoms with van der Waals surface area (Å²) in [5.74, 6) is -0.104. The van der Waals surface area contributed by atoms with Gasteiger partial charge in [-0.05, 0) is 18.8 Å². The fraction of sp³-hybridized carbons (Fsp3) is 0.727. The number of rotatable bonds is 4. The molecule has 0 bridgehead atoms. The Kier molecular flexibility index (Phi) is 4.66. The molecule has 1 saturated carbocycles. The lowest BCUT2D eigenvalue weighted by atomic mass is 9.85. The summed E-state index contributed by atoms with van der Waals surface area (Å²) >= 11 is 0. The van der Waals surface area contributed by atoms with Crippen molar-refractivity contribution in [3.8, 4) is 0 Å². The fourth-order valence-electron chi connectivity index (χ4n) is 1.99. The van der Waals surface area contributed by atoms with E-state index in [9.17, 15) is 4.79 Å². The van der Waals surface area contributed by atoms with Crippen molar-refractivity contribution in [1.29, 1.82) is 0 Å². The highest BCUT2D eigenvalue weighted by atomic mass is 16.6. The van der Waals surface area contributed by atoms with Gasteiger partial charge in [0.25, 0.3) is 0 Å². The van der Waals surface area contributed by atoms with Crippen LogP contribution in [0.2, 0.25) is 0 Å². The third-order valence-corrected chi connectivity index (χ3v) is 2.79. The fourth-order valence-corrected chi connectivity index (χ4v) is 1.99. The Morgan fingerprint density at radius 1 is 1.50 bits per heavy atom. The molecule has 1 aliphatic rings. The van der Waals surface area contributed by atoms with Crippen LogP contribution in [0.5, 0.6) is 0 Å². The molecule has 3 nitrogen and oxygen atoms in total. The van der Waals surface area contributed by atoms with E-state index in [0.29, 0.717) is 5.92 Å². The standard InChI is InChI=1S/C11H18O3/c1-2-11(13)14-10(8-12)9-6-4-3-5-7-9/h2,9-10,12H,1,3-8H2. The lowest BCUT2D eigenvalue weighted by Gasteiger charge is -2.28. The van der Waals surface area contributed by atoms with Crippen LogP contribution in [0, 0.1) is 5.92 Å². The van der Waals surface area contributed by atoms with E-state index in [1.165, 1.54) is 19.3 Å². The van der Waals surface area contributed by atoms with Crippen LogP contribution in [0.3, 0.4) is 0 Å². The Morgan fingerprint density at radius 3 is 2.64 bits per heavy atom. The van der Waals surface area contributed by atoms with Gasteiger partial charge in [-0.15, -0.1) is 0 Å². The highest BCUT2D eigenvalue weighted by Gasteiger charge is 2.25. The van der Waals surface area contributed by atoms with E-state index >= 15 is 0 Å². The molecule has 0 saturated heterocycles. The normalized spacial score (nSPS) is 20.1. The van der Waals surface area contributed by atoms with Gasteiger partial charge in [0.2, 0.25) is 0 Å². The Bertz CT molecular complexity index is 195. The second-order valence-electron chi connectivity index (χ2n) is 3.76. The molecule has 0 aromatic heterocycles. The molecule has 0 aromatic carbocycles. The number of hydrogen-bond donors (Lipinski definition) is 1. The molecule has 1 unspecified atom stereocenters. The summed E-state index contributed by atoms with van der Waals surface area (Å²) in [6.07, 6.45) is 6.52. The summed E-state index contributed by atoms with van der Waals surface area (Å²) in [6.45, 7) is 3.26. The van der Waals surface area contributed by atoms with Crippen LogP contribution >= 0.6 is 0 Å². The zero-order chi connectivity index (χ0) is 10.4. The molecule has 1 aliphatic carbocycles. The SMILES string of the molecule is C=CC(=O)OC(CO)C1CCCCC1. The maximum absolute atomic E-state index is 11.0. The second kappa shape index (κ2) is 5.81. The predicted octanol–water partition coefficient (Wildman–Crippen LogP) is 1.66. The Balaban J connectivity index is 2.42. The first-order valence-electron chi connectivity index (χ1n) is 5.22. The van der Waals surface area contributed by atoms with E-state index in [4.69, 9.17) is 9.84 Å². The van der Waals surface area contributed by atoms with E-state index in [2.05, 4.69) is 6.58 Å². The van der Waals surface area contributed by atoms with E-state index in [-0.39, 0.29) is 12.7 Å². The number of carbonyl (C=O) groups excluding carboxylic acids is 1. The van der Waals surface area contributed by atoms with Gasteiger partial charge in [0.1, 0.15) is 6.10 Å². The van der Waals surface area contributed by atoms with Crippen molar-refractivity contribution in [1.82, 2.24) is 0 Å². The lowest BCUT2D eigenvalue weighted by Crippen LogP contribution is -2.31. The van der Waals surface area contributed by atoms with Crippen LogP contribution in [-0.2, 0) is 9.53 Å². The van der Waals surface area contributed by atoms with Crippen LogP contribution in [0.1, 0.15) is 32.1 Å². The topological polar surface area (TPSA) is 46.5 Å². The van der Waals surface area contributed by atoms with Gasteiger partial charge >= 0.3 is 5.97 Å². The van der Waals surface area contributed by atoms with E-state index in [1.54, 1.807) is 0 Å². The van der Waals surface area contributed by atoms with Crippen molar-refractivity contribution >= 4 is 5.97 Å². The molecular weight excluding hydrogens is 180 g/mol. The third kappa shape index (κ3) is 3.14. The monoisotopic (exact) mass is 198 g/mol. The molecule has 14 heavy (non-hydrogen) atoms. The Hall–Kier alpha value is -0.830. The summed E-state index contributed by atoms with van der Waals surface area (Å²) in [4.78, 5) is 11.0. The lowest BCUT2D eigenvalue weighted by molar-refractivity contribution is -0.149. The van der Waals surface area contributed by atoms with Gasteiger partial charge in [0.05, 0.1) is 6.61 Å². The van der Waals surface area contributed by atoms with Gasteiger partial charge in [-0.25, -0.2) is 4.79 Å². The van der Waals surface area contributed by atoms with Gasteiger partial charge in [-0.1, -0.05) is 25.8 Å².